The summed E-state index contributed by atoms with van der Waals surface area (Å²) in [5, 5.41) is 2.63. The van der Waals surface area contributed by atoms with Crippen LogP contribution >= 0.6 is 11.6 Å². The Kier molecular flexibility index (Phi) is 4.54. The maximum atomic E-state index is 12.2. The van der Waals surface area contributed by atoms with E-state index < -0.39 is 5.60 Å². The summed E-state index contributed by atoms with van der Waals surface area (Å²) in [6, 6.07) is 9.94. The number of aromatic nitrogens is 1. The third-order valence-electron chi connectivity index (χ3n) is 3.92. The van der Waals surface area contributed by atoms with Crippen molar-refractivity contribution in [3.05, 3.63) is 35.5 Å². The molecule has 0 saturated carbocycles. The van der Waals surface area contributed by atoms with Crippen LogP contribution in [0.4, 0.5) is 10.6 Å². The van der Waals surface area contributed by atoms with Crippen molar-refractivity contribution in [3.8, 4) is 0 Å². The maximum absolute atomic E-state index is 12.2. The van der Waals surface area contributed by atoms with E-state index in [-0.39, 0.29) is 6.09 Å². The van der Waals surface area contributed by atoms with Crippen LogP contribution in [-0.4, -0.2) is 47.8 Å². The van der Waals surface area contributed by atoms with Gasteiger partial charge in [0, 0.05) is 31.6 Å². The molecule has 2 aromatic rings. The number of pyridine rings is 1. The molecule has 1 aliphatic rings. The smallest absolute Gasteiger partial charge is 0.410 e. The molecular weight excluding hydrogens is 326 g/mol. The Morgan fingerprint density at radius 2 is 1.83 bits per heavy atom. The third-order valence-corrected chi connectivity index (χ3v) is 4.11. The molecule has 5 nitrogen and oxygen atoms in total. The summed E-state index contributed by atoms with van der Waals surface area (Å²) in [5.41, 5.74) is -0.473. The quantitative estimate of drug-likeness (QED) is 0.733. The lowest BCUT2D eigenvalue weighted by molar-refractivity contribution is 0.0240. The highest BCUT2D eigenvalue weighted by Crippen LogP contribution is 2.28. The number of anilines is 1. The number of amides is 1. The molecule has 0 bridgehead atoms. The number of nitrogens with zero attached hydrogens (tertiary/aromatic N) is 3. The van der Waals surface area contributed by atoms with E-state index in [1.165, 1.54) is 0 Å². The molecular formula is C18H22ClN3O2. The average Bonchev–Trinajstić information content (AvgIpc) is 2.52. The van der Waals surface area contributed by atoms with Gasteiger partial charge in [-0.15, -0.1) is 0 Å². The molecule has 1 fully saturated rings. The minimum atomic E-state index is -0.473. The summed E-state index contributed by atoms with van der Waals surface area (Å²) in [5.74, 6) is 0.877. The summed E-state index contributed by atoms with van der Waals surface area (Å²) in [6.45, 7) is 8.26. The van der Waals surface area contributed by atoms with E-state index >= 15 is 0 Å². The first-order valence-electron chi connectivity index (χ1n) is 8.12. The highest BCUT2D eigenvalue weighted by Gasteiger charge is 2.27. The van der Waals surface area contributed by atoms with Gasteiger partial charge in [0.25, 0.3) is 0 Å². The Hall–Kier alpha value is -2.01. The Labute approximate surface area is 147 Å². The number of carbonyl (C=O) groups excluding carboxylic acids is 1. The lowest BCUT2D eigenvalue weighted by Gasteiger charge is -2.36. The summed E-state index contributed by atoms with van der Waals surface area (Å²) in [7, 11) is 0. The van der Waals surface area contributed by atoms with Crippen LogP contribution in [0, 0.1) is 0 Å². The van der Waals surface area contributed by atoms with Gasteiger partial charge in [-0.25, -0.2) is 9.78 Å². The second kappa shape index (κ2) is 6.48. The SMILES string of the molecule is CC(C)(C)OC(=O)N1CCN(c2nc(Cl)cc3ccccc23)CC1. The third kappa shape index (κ3) is 3.73. The first-order valence-corrected chi connectivity index (χ1v) is 8.49. The van der Waals surface area contributed by atoms with Crippen LogP contribution in [0.25, 0.3) is 10.8 Å². The molecule has 0 radical (unpaired) electrons. The van der Waals surface area contributed by atoms with Gasteiger partial charge in [-0.3, -0.25) is 0 Å². The highest BCUT2D eigenvalue weighted by atomic mass is 35.5. The lowest BCUT2D eigenvalue weighted by Crippen LogP contribution is -2.50. The zero-order valence-corrected chi connectivity index (χ0v) is 15.0. The number of hydrogen-bond donors (Lipinski definition) is 0. The number of hydrogen-bond acceptors (Lipinski definition) is 4. The van der Waals surface area contributed by atoms with E-state index in [9.17, 15) is 4.79 Å². The molecule has 3 rings (SSSR count). The molecule has 1 saturated heterocycles. The largest absolute Gasteiger partial charge is 0.444 e. The van der Waals surface area contributed by atoms with Crippen molar-refractivity contribution in [1.82, 2.24) is 9.88 Å². The topological polar surface area (TPSA) is 45.7 Å². The van der Waals surface area contributed by atoms with Crippen LogP contribution in [0.1, 0.15) is 20.8 Å². The van der Waals surface area contributed by atoms with Crippen LogP contribution in [0.5, 0.6) is 0 Å². The monoisotopic (exact) mass is 347 g/mol. The van der Waals surface area contributed by atoms with Gasteiger partial charge in [0.15, 0.2) is 0 Å². The fourth-order valence-corrected chi connectivity index (χ4v) is 3.01. The number of rotatable bonds is 1. The van der Waals surface area contributed by atoms with Crippen molar-refractivity contribution in [2.24, 2.45) is 0 Å². The van der Waals surface area contributed by atoms with Gasteiger partial charge in [-0.05, 0) is 32.2 Å². The van der Waals surface area contributed by atoms with E-state index in [4.69, 9.17) is 16.3 Å². The predicted molar refractivity (Wildman–Crippen MR) is 96.8 cm³/mol. The number of halogens is 1. The number of carbonyl (C=O) groups is 1. The van der Waals surface area contributed by atoms with E-state index in [2.05, 4.69) is 9.88 Å². The maximum Gasteiger partial charge on any atom is 0.410 e. The Balaban J connectivity index is 1.75. The lowest BCUT2D eigenvalue weighted by atomic mass is 10.1. The molecule has 0 atom stereocenters. The van der Waals surface area contributed by atoms with Gasteiger partial charge in [-0.2, -0.15) is 0 Å². The fourth-order valence-electron chi connectivity index (χ4n) is 2.82. The molecule has 0 unspecified atom stereocenters. The van der Waals surface area contributed by atoms with Gasteiger partial charge in [0.05, 0.1) is 0 Å². The van der Waals surface area contributed by atoms with Crippen LogP contribution < -0.4 is 4.90 Å². The second-order valence-corrected chi connectivity index (χ2v) is 7.33. The van der Waals surface area contributed by atoms with Crippen molar-refractivity contribution in [3.63, 3.8) is 0 Å². The van der Waals surface area contributed by atoms with Crippen LogP contribution in [0.2, 0.25) is 5.15 Å². The summed E-state index contributed by atoms with van der Waals surface area (Å²) >= 11 is 6.17. The molecule has 128 valence electrons. The normalized spacial score (nSPS) is 15.7. The number of benzene rings is 1. The van der Waals surface area contributed by atoms with Crippen molar-refractivity contribution < 1.29 is 9.53 Å². The van der Waals surface area contributed by atoms with Gasteiger partial charge >= 0.3 is 6.09 Å². The number of ether oxygens (including phenoxy) is 1. The molecule has 0 aliphatic carbocycles. The average molecular weight is 348 g/mol. The molecule has 0 spiro atoms. The first-order chi connectivity index (χ1) is 11.3. The predicted octanol–water partition coefficient (Wildman–Crippen LogP) is 3.95. The van der Waals surface area contributed by atoms with Gasteiger partial charge in [-0.1, -0.05) is 35.9 Å². The summed E-state index contributed by atoms with van der Waals surface area (Å²) in [6.07, 6.45) is -0.258. The zero-order valence-electron chi connectivity index (χ0n) is 14.3. The van der Waals surface area contributed by atoms with E-state index in [1.54, 1.807) is 4.90 Å². The van der Waals surface area contributed by atoms with Crippen molar-refractivity contribution in [2.75, 3.05) is 31.1 Å². The second-order valence-electron chi connectivity index (χ2n) is 6.94. The molecule has 1 aromatic heterocycles. The standard InChI is InChI=1S/C18H22ClN3O2/c1-18(2,3)24-17(23)22-10-8-21(9-11-22)16-14-7-5-4-6-13(14)12-15(19)20-16/h4-7,12H,8-11H2,1-3H3. The Morgan fingerprint density at radius 1 is 1.17 bits per heavy atom. The van der Waals surface area contributed by atoms with Crippen LogP contribution in [0.15, 0.2) is 30.3 Å². The summed E-state index contributed by atoms with van der Waals surface area (Å²) < 4.78 is 5.44. The van der Waals surface area contributed by atoms with Gasteiger partial charge in [0.2, 0.25) is 0 Å². The van der Waals surface area contributed by atoms with Crippen LogP contribution in [0.3, 0.4) is 0 Å². The molecule has 0 N–H and O–H groups in total. The van der Waals surface area contributed by atoms with Crippen LogP contribution in [-0.2, 0) is 4.74 Å². The number of fused-ring (bicyclic) bond motifs is 1. The molecule has 1 aliphatic heterocycles. The Bertz CT molecular complexity index is 750. The first kappa shape index (κ1) is 16.8. The van der Waals surface area contributed by atoms with Gasteiger partial charge < -0.3 is 14.5 Å². The number of piperazine rings is 1. The van der Waals surface area contributed by atoms with Crippen molar-refractivity contribution >= 4 is 34.3 Å². The molecule has 24 heavy (non-hydrogen) atoms. The molecule has 1 amide bonds. The minimum Gasteiger partial charge on any atom is -0.444 e. The minimum absolute atomic E-state index is 0.258. The van der Waals surface area contributed by atoms with Gasteiger partial charge in [0.1, 0.15) is 16.6 Å². The molecule has 1 aromatic carbocycles. The van der Waals surface area contributed by atoms with E-state index in [0.29, 0.717) is 31.3 Å². The zero-order chi connectivity index (χ0) is 17.3. The highest BCUT2D eigenvalue weighted by molar-refractivity contribution is 6.30. The molecule has 6 heteroatoms. The van der Waals surface area contributed by atoms with Crippen molar-refractivity contribution in [1.29, 1.82) is 0 Å². The summed E-state index contributed by atoms with van der Waals surface area (Å²) in [4.78, 5) is 20.6. The van der Waals surface area contributed by atoms with Crippen molar-refractivity contribution in [2.45, 2.75) is 26.4 Å². The van der Waals surface area contributed by atoms with E-state index in [1.807, 2.05) is 51.1 Å². The Morgan fingerprint density at radius 3 is 2.50 bits per heavy atom. The fraction of sp³-hybridized carbons (Fsp3) is 0.444. The van der Waals surface area contributed by atoms with E-state index in [0.717, 1.165) is 16.6 Å². The molecule has 2 heterocycles.